The van der Waals surface area contributed by atoms with Crippen molar-refractivity contribution < 1.29 is 0 Å². The summed E-state index contributed by atoms with van der Waals surface area (Å²) in [6, 6.07) is 0. The van der Waals surface area contributed by atoms with E-state index in [2.05, 4.69) is 26.0 Å². The lowest BCUT2D eigenvalue weighted by Gasteiger charge is -2.30. The van der Waals surface area contributed by atoms with Crippen LogP contribution >= 0.6 is 27.7 Å². The number of aryl methyl sites for hydroxylation is 1. The fraction of sp³-hybridized carbons (Fsp3) is 0.769. The van der Waals surface area contributed by atoms with Crippen LogP contribution in [0.4, 0.5) is 0 Å². The minimum atomic E-state index is -0.709. The normalized spacial score (nSPS) is 18.7. The largest absolute Gasteiger partial charge is 0.339 e. The average Bonchev–Trinajstić information content (AvgIpc) is 2.67. The Labute approximate surface area is 130 Å². The smallest absolute Gasteiger partial charge is 0.265 e. The summed E-state index contributed by atoms with van der Waals surface area (Å²) in [7, 11) is 1.71. The van der Waals surface area contributed by atoms with Crippen LogP contribution in [0.5, 0.6) is 0 Å². The average molecular weight is 362 g/mol. The third-order valence-corrected chi connectivity index (χ3v) is 6.47. The maximum atomic E-state index is 11.4. The Morgan fingerprint density at radius 2 is 1.95 bits per heavy atom. The van der Waals surface area contributed by atoms with Crippen LogP contribution in [-0.4, -0.2) is 25.8 Å². The van der Waals surface area contributed by atoms with Gasteiger partial charge in [-0.25, -0.2) is 0 Å². The van der Waals surface area contributed by atoms with Crippen molar-refractivity contribution in [2.24, 2.45) is 12.5 Å². The molecule has 1 aliphatic rings. The van der Waals surface area contributed by atoms with Gasteiger partial charge in [-0.1, -0.05) is 53.4 Å². The number of rotatable bonds is 4. The zero-order valence-corrected chi connectivity index (χ0v) is 14.1. The van der Waals surface area contributed by atoms with Crippen LogP contribution in [0.15, 0.2) is 14.7 Å². The molecule has 1 saturated carbocycles. The second-order valence-corrected chi connectivity index (χ2v) is 7.04. The number of nitrogens with zero attached hydrogens (tertiary/aromatic N) is 2. The third-order valence-electron chi connectivity index (χ3n) is 3.90. The van der Waals surface area contributed by atoms with E-state index >= 15 is 0 Å². The maximum Gasteiger partial charge on any atom is 0.339 e. The predicted octanol–water partition coefficient (Wildman–Crippen LogP) is 2.30. The van der Waals surface area contributed by atoms with Gasteiger partial charge in [0.2, 0.25) is 0 Å². The van der Waals surface area contributed by atoms with Gasteiger partial charge in [-0.3, -0.25) is 19.4 Å². The fourth-order valence-corrected chi connectivity index (χ4v) is 4.84. The lowest BCUT2D eigenvalue weighted by atomic mass is 9.85. The van der Waals surface area contributed by atoms with Gasteiger partial charge >= 0.3 is 11.1 Å². The van der Waals surface area contributed by atoms with E-state index in [1.165, 1.54) is 43.2 Å². The van der Waals surface area contributed by atoms with Crippen molar-refractivity contribution in [3.05, 3.63) is 20.7 Å². The van der Waals surface area contributed by atoms with Crippen molar-refractivity contribution in [3.63, 3.8) is 0 Å². The van der Waals surface area contributed by atoms with Crippen LogP contribution in [-0.2, 0) is 7.05 Å². The Balaban J connectivity index is 2.12. The number of nitrogens with one attached hydrogen (secondary N) is 1. The number of halogens is 1. The third kappa shape index (κ3) is 3.75. The van der Waals surface area contributed by atoms with Crippen molar-refractivity contribution in [2.45, 2.75) is 43.7 Å². The molecule has 1 aromatic heterocycles. The SMILES string of the molecule is Cn1[nH]c(=O)c(=O)nc1SCC1(CBr)CCCCCC1. The Hall–Kier alpha value is -0.560. The molecule has 112 valence electrons. The van der Waals surface area contributed by atoms with Gasteiger partial charge in [-0.15, -0.1) is 0 Å². The Bertz CT molecular complexity index is 561. The highest BCUT2D eigenvalue weighted by Gasteiger charge is 2.30. The van der Waals surface area contributed by atoms with Gasteiger partial charge in [0.05, 0.1) is 0 Å². The molecule has 0 aliphatic heterocycles. The summed E-state index contributed by atoms with van der Waals surface area (Å²) in [6.45, 7) is 0. The number of alkyl halides is 1. The second kappa shape index (κ2) is 6.93. The molecule has 2 rings (SSSR count). The molecule has 0 radical (unpaired) electrons. The molecule has 0 aromatic carbocycles. The Morgan fingerprint density at radius 1 is 1.30 bits per heavy atom. The highest BCUT2D eigenvalue weighted by Crippen LogP contribution is 2.40. The van der Waals surface area contributed by atoms with Crippen LogP contribution in [0.1, 0.15) is 38.5 Å². The summed E-state index contributed by atoms with van der Waals surface area (Å²) in [5, 5.41) is 4.05. The minimum absolute atomic E-state index is 0.273. The molecule has 1 aromatic rings. The summed E-state index contributed by atoms with van der Waals surface area (Å²) in [6.07, 6.45) is 7.59. The van der Waals surface area contributed by atoms with E-state index in [4.69, 9.17) is 0 Å². The predicted molar refractivity (Wildman–Crippen MR) is 84.8 cm³/mol. The summed E-state index contributed by atoms with van der Waals surface area (Å²) >= 11 is 5.22. The van der Waals surface area contributed by atoms with Crippen molar-refractivity contribution >= 4 is 27.7 Å². The minimum Gasteiger partial charge on any atom is -0.265 e. The van der Waals surface area contributed by atoms with E-state index in [1.54, 1.807) is 18.8 Å². The van der Waals surface area contributed by atoms with Gasteiger partial charge in [0, 0.05) is 18.1 Å². The second-order valence-electron chi connectivity index (χ2n) is 5.54. The highest BCUT2D eigenvalue weighted by atomic mass is 79.9. The van der Waals surface area contributed by atoms with E-state index < -0.39 is 11.1 Å². The standard InChI is InChI=1S/C13H20BrN3O2S/c1-17-12(15-10(18)11(19)16-17)20-9-13(8-14)6-4-2-3-5-7-13/h2-9H2,1H3,(H,16,19). The Kier molecular flexibility index (Phi) is 5.49. The monoisotopic (exact) mass is 361 g/mol. The Morgan fingerprint density at radius 3 is 2.55 bits per heavy atom. The molecule has 20 heavy (non-hydrogen) atoms. The number of hydrogen-bond donors (Lipinski definition) is 1. The molecule has 0 atom stereocenters. The lowest BCUT2D eigenvalue weighted by Crippen LogP contribution is -2.34. The van der Waals surface area contributed by atoms with Gasteiger partial charge < -0.3 is 0 Å². The molecule has 0 spiro atoms. The van der Waals surface area contributed by atoms with E-state index in [0.29, 0.717) is 5.16 Å². The molecule has 0 saturated heterocycles. The quantitative estimate of drug-likeness (QED) is 0.386. The van der Waals surface area contributed by atoms with Gasteiger partial charge in [-0.05, 0) is 18.3 Å². The molecule has 5 nitrogen and oxygen atoms in total. The van der Waals surface area contributed by atoms with Gasteiger partial charge in [0.15, 0.2) is 5.16 Å². The highest BCUT2D eigenvalue weighted by molar-refractivity contribution is 9.09. The first kappa shape index (κ1) is 15.8. The number of H-pyrrole nitrogens is 1. The number of hydrogen-bond acceptors (Lipinski definition) is 4. The van der Waals surface area contributed by atoms with Crippen LogP contribution < -0.4 is 11.1 Å². The zero-order chi connectivity index (χ0) is 14.6. The number of aromatic amines is 1. The van der Waals surface area contributed by atoms with Crippen LogP contribution in [0.25, 0.3) is 0 Å². The maximum absolute atomic E-state index is 11.4. The summed E-state index contributed by atoms with van der Waals surface area (Å²) in [5.74, 6) is 0.921. The molecule has 1 N–H and O–H groups in total. The number of thioether (sulfide) groups is 1. The van der Waals surface area contributed by atoms with E-state index in [1.807, 2.05) is 0 Å². The fourth-order valence-electron chi connectivity index (χ4n) is 2.60. The lowest BCUT2D eigenvalue weighted by molar-refractivity contribution is 0.333. The molecule has 0 unspecified atom stereocenters. The molecule has 1 fully saturated rings. The topological polar surface area (TPSA) is 67.8 Å². The summed E-state index contributed by atoms with van der Waals surface area (Å²) in [5.41, 5.74) is -1.10. The van der Waals surface area contributed by atoms with Crippen molar-refractivity contribution in [2.75, 3.05) is 11.1 Å². The first-order valence-electron chi connectivity index (χ1n) is 6.92. The summed E-state index contributed by atoms with van der Waals surface area (Å²) in [4.78, 5) is 26.4. The summed E-state index contributed by atoms with van der Waals surface area (Å²) < 4.78 is 1.53. The first-order valence-corrected chi connectivity index (χ1v) is 9.03. The van der Waals surface area contributed by atoms with E-state index in [-0.39, 0.29) is 5.41 Å². The molecule has 1 heterocycles. The van der Waals surface area contributed by atoms with Crippen LogP contribution in [0.3, 0.4) is 0 Å². The molecule has 0 amide bonds. The first-order chi connectivity index (χ1) is 9.56. The van der Waals surface area contributed by atoms with E-state index in [0.717, 1.165) is 11.1 Å². The number of aromatic nitrogens is 3. The molecule has 1 aliphatic carbocycles. The van der Waals surface area contributed by atoms with Crippen LogP contribution in [0.2, 0.25) is 0 Å². The molecule has 7 heteroatoms. The van der Waals surface area contributed by atoms with Gasteiger partial charge in [0.1, 0.15) is 0 Å². The zero-order valence-electron chi connectivity index (χ0n) is 11.7. The van der Waals surface area contributed by atoms with Gasteiger partial charge in [-0.2, -0.15) is 4.98 Å². The molecular weight excluding hydrogens is 342 g/mol. The van der Waals surface area contributed by atoms with Gasteiger partial charge in [0.25, 0.3) is 0 Å². The van der Waals surface area contributed by atoms with Crippen molar-refractivity contribution in [1.82, 2.24) is 14.8 Å². The van der Waals surface area contributed by atoms with E-state index in [9.17, 15) is 9.59 Å². The van der Waals surface area contributed by atoms with Crippen molar-refractivity contribution in [1.29, 1.82) is 0 Å². The van der Waals surface area contributed by atoms with Crippen molar-refractivity contribution in [3.8, 4) is 0 Å². The molecular formula is C13H20BrN3O2S. The van der Waals surface area contributed by atoms with Crippen LogP contribution in [0, 0.1) is 5.41 Å². The molecule has 0 bridgehead atoms.